The summed E-state index contributed by atoms with van der Waals surface area (Å²) >= 11 is 0. The van der Waals surface area contributed by atoms with Crippen molar-refractivity contribution in [3.8, 4) is 5.75 Å². The van der Waals surface area contributed by atoms with Gasteiger partial charge in [-0.3, -0.25) is 4.79 Å². The summed E-state index contributed by atoms with van der Waals surface area (Å²) in [5, 5.41) is 2.86. The molecular weight excluding hydrogens is 340 g/mol. The van der Waals surface area contributed by atoms with Crippen molar-refractivity contribution in [3.05, 3.63) is 42.6 Å². The van der Waals surface area contributed by atoms with Crippen LogP contribution in [0.3, 0.4) is 0 Å². The highest BCUT2D eigenvalue weighted by Gasteiger charge is 2.22. The number of benzene rings is 1. The van der Waals surface area contributed by atoms with E-state index in [1.54, 1.807) is 7.11 Å². The summed E-state index contributed by atoms with van der Waals surface area (Å²) in [4.78, 5) is 21.1. The van der Waals surface area contributed by atoms with Crippen molar-refractivity contribution in [1.82, 2.24) is 4.98 Å². The highest BCUT2D eigenvalue weighted by molar-refractivity contribution is 5.93. The Bertz CT molecular complexity index is 776. The zero-order valence-corrected chi connectivity index (χ0v) is 16.5. The van der Waals surface area contributed by atoms with Crippen LogP contribution < -0.4 is 19.9 Å². The molecule has 0 bridgehead atoms. The molecule has 1 amide bonds. The Kier molecular flexibility index (Phi) is 5.54. The summed E-state index contributed by atoms with van der Waals surface area (Å²) in [6.07, 6.45) is 1.83. The van der Waals surface area contributed by atoms with Crippen molar-refractivity contribution in [2.24, 2.45) is 5.41 Å². The van der Waals surface area contributed by atoms with Gasteiger partial charge in [0, 0.05) is 31.6 Å². The molecule has 2 aromatic rings. The quantitative estimate of drug-likeness (QED) is 0.896. The summed E-state index contributed by atoms with van der Waals surface area (Å²) in [5.41, 5.74) is 1.77. The van der Waals surface area contributed by atoms with Crippen LogP contribution in [0, 0.1) is 5.41 Å². The Morgan fingerprint density at radius 2 is 1.70 bits per heavy atom. The lowest BCUT2D eigenvalue weighted by molar-refractivity contribution is -0.123. The number of piperazine rings is 1. The number of nitrogens with zero attached hydrogens (tertiary/aromatic N) is 3. The Labute approximate surface area is 161 Å². The van der Waals surface area contributed by atoms with Crippen molar-refractivity contribution >= 4 is 23.1 Å². The van der Waals surface area contributed by atoms with Gasteiger partial charge in [0.05, 0.1) is 24.7 Å². The fourth-order valence-electron chi connectivity index (χ4n) is 3.05. The van der Waals surface area contributed by atoms with E-state index < -0.39 is 5.41 Å². The Morgan fingerprint density at radius 3 is 2.30 bits per heavy atom. The summed E-state index contributed by atoms with van der Waals surface area (Å²) < 4.78 is 5.48. The molecule has 6 heteroatoms. The fraction of sp³-hybridized carbons (Fsp3) is 0.429. The van der Waals surface area contributed by atoms with E-state index in [1.165, 1.54) is 0 Å². The lowest BCUT2D eigenvalue weighted by Gasteiger charge is -2.37. The number of amides is 1. The van der Waals surface area contributed by atoms with Gasteiger partial charge in [0.2, 0.25) is 5.91 Å². The number of methoxy groups -OCH3 is 1. The van der Waals surface area contributed by atoms with Gasteiger partial charge in [0.15, 0.2) is 0 Å². The van der Waals surface area contributed by atoms with Crippen molar-refractivity contribution in [1.29, 1.82) is 0 Å². The van der Waals surface area contributed by atoms with Gasteiger partial charge in [0.1, 0.15) is 11.6 Å². The normalized spacial score (nSPS) is 14.8. The maximum absolute atomic E-state index is 12.1. The number of hydrogen-bond donors (Lipinski definition) is 1. The van der Waals surface area contributed by atoms with Crippen LogP contribution in [0.4, 0.5) is 17.2 Å². The van der Waals surface area contributed by atoms with E-state index in [4.69, 9.17) is 4.74 Å². The smallest absolute Gasteiger partial charge is 0.230 e. The molecule has 0 unspecified atom stereocenters. The molecule has 0 aliphatic carbocycles. The molecule has 0 saturated carbocycles. The fourth-order valence-corrected chi connectivity index (χ4v) is 3.05. The molecule has 144 valence electrons. The number of carbonyl (C=O) groups excluding carboxylic acids is 1. The average Bonchev–Trinajstić information content (AvgIpc) is 2.68. The van der Waals surface area contributed by atoms with Crippen molar-refractivity contribution < 1.29 is 9.53 Å². The van der Waals surface area contributed by atoms with Gasteiger partial charge in [0.25, 0.3) is 0 Å². The van der Waals surface area contributed by atoms with Crippen molar-refractivity contribution in [2.75, 3.05) is 48.4 Å². The lowest BCUT2D eigenvalue weighted by atomic mass is 9.96. The molecule has 2 heterocycles. The van der Waals surface area contributed by atoms with Crippen LogP contribution in [0.1, 0.15) is 20.8 Å². The van der Waals surface area contributed by atoms with Gasteiger partial charge in [-0.2, -0.15) is 0 Å². The largest absolute Gasteiger partial charge is 0.495 e. The number of para-hydroxylation sites is 2. The molecule has 0 radical (unpaired) electrons. The number of carbonyl (C=O) groups is 1. The van der Waals surface area contributed by atoms with Crippen LogP contribution in [-0.4, -0.2) is 44.2 Å². The third kappa shape index (κ3) is 4.51. The van der Waals surface area contributed by atoms with E-state index in [1.807, 2.05) is 57.3 Å². The van der Waals surface area contributed by atoms with Gasteiger partial charge < -0.3 is 19.9 Å². The second kappa shape index (κ2) is 7.86. The van der Waals surface area contributed by atoms with Crippen LogP contribution in [-0.2, 0) is 4.79 Å². The maximum Gasteiger partial charge on any atom is 0.230 e. The van der Waals surface area contributed by atoms with Crippen LogP contribution in [0.2, 0.25) is 0 Å². The molecule has 1 aliphatic heterocycles. The first-order valence-electron chi connectivity index (χ1n) is 9.29. The number of aromatic nitrogens is 1. The maximum atomic E-state index is 12.1. The number of ether oxygens (including phenoxy) is 1. The average molecular weight is 368 g/mol. The highest BCUT2D eigenvalue weighted by Crippen LogP contribution is 2.29. The molecule has 1 fully saturated rings. The Balaban J connectivity index is 1.60. The monoisotopic (exact) mass is 368 g/mol. The number of anilines is 3. The summed E-state index contributed by atoms with van der Waals surface area (Å²) in [6.45, 7) is 9.32. The van der Waals surface area contributed by atoms with Crippen LogP contribution in [0.15, 0.2) is 42.6 Å². The van der Waals surface area contributed by atoms with Crippen LogP contribution in [0.5, 0.6) is 5.75 Å². The first-order valence-corrected chi connectivity index (χ1v) is 9.29. The molecule has 1 aromatic heterocycles. The second-order valence-electron chi connectivity index (χ2n) is 7.75. The molecule has 0 spiro atoms. The Hall–Kier alpha value is -2.76. The van der Waals surface area contributed by atoms with Crippen molar-refractivity contribution in [3.63, 3.8) is 0 Å². The highest BCUT2D eigenvalue weighted by atomic mass is 16.5. The first-order chi connectivity index (χ1) is 12.9. The topological polar surface area (TPSA) is 57.7 Å². The van der Waals surface area contributed by atoms with Gasteiger partial charge in [-0.15, -0.1) is 0 Å². The van der Waals surface area contributed by atoms with E-state index in [9.17, 15) is 4.79 Å². The minimum atomic E-state index is -0.435. The zero-order chi connectivity index (χ0) is 19.4. The summed E-state index contributed by atoms with van der Waals surface area (Å²) in [6, 6.07) is 12.0. The predicted molar refractivity (Wildman–Crippen MR) is 110 cm³/mol. The first kappa shape index (κ1) is 19.0. The number of pyridine rings is 1. The van der Waals surface area contributed by atoms with Gasteiger partial charge in [-0.1, -0.05) is 32.9 Å². The standard InChI is InChI=1S/C21H28N4O2/c1-21(2,3)20(26)23-19-10-9-16(15-22-19)24-11-13-25(14-12-24)17-7-5-6-8-18(17)27-4/h5-10,15H,11-14H2,1-4H3,(H,22,23,26). The van der Waals surface area contributed by atoms with E-state index in [0.717, 1.165) is 43.3 Å². The van der Waals surface area contributed by atoms with E-state index in [-0.39, 0.29) is 5.91 Å². The summed E-state index contributed by atoms with van der Waals surface area (Å²) in [7, 11) is 1.71. The van der Waals surface area contributed by atoms with E-state index in [2.05, 4.69) is 26.2 Å². The minimum Gasteiger partial charge on any atom is -0.495 e. The molecular formula is C21H28N4O2. The zero-order valence-electron chi connectivity index (χ0n) is 16.5. The molecule has 1 aliphatic rings. The molecule has 0 atom stereocenters. The molecule has 3 rings (SSSR count). The van der Waals surface area contributed by atoms with Crippen LogP contribution in [0.25, 0.3) is 0 Å². The number of rotatable bonds is 4. The molecule has 1 N–H and O–H groups in total. The second-order valence-corrected chi connectivity index (χ2v) is 7.75. The van der Waals surface area contributed by atoms with Gasteiger partial charge >= 0.3 is 0 Å². The van der Waals surface area contributed by atoms with Gasteiger partial charge in [-0.25, -0.2) is 4.98 Å². The van der Waals surface area contributed by atoms with E-state index in [0.29, 0.717) is 5.82 Å². The van der Waals surface area contributed by atoms with Crippen molar-refractivity contribution in [2.45, 2.75) is 20.8 Å². The molecule has 27 heavy (non-hydrogen) atoms. The summed E-state index contributed by atoms with van der Waals surface area (Å²) in [5.74, 6) is 1.46. The molecule has 1 saturated heterocycles. The van der Waals surface area contributed by atoms with Gasteiger partial charge in [-0.05, 0) is 24.3 Å². The Morgan fingerprint density at radius 1 is 1.04 bits per heavy atom. The SMILES string of the molecule is COc1ccccc1N1CCN(c2ccc(NC(=O)C(C)(C)C)nc2)CC1. The minimum absolute atomic E-state index is 0.0341. The number of hydrogen-bond acceptors (Lipinski definition) is 5. The third-order valence-electron chi connectivity index (χ3n) is 4.74. The molecule has 1 aromatic carbocycles. The predicted octanol–water partition coefficient (Wildman–Crippen LogP) is 3.40. The third-order valence-corrected chi connectivity index (χ3v) is 4.74. The molecule has 6 nitrogen and oxygen atoms in total. The lowest BCUT2D eigenvalue weighted by Crippen LogP contribution is -2.46. The number of nitrogens with one attached hydrogen (secondary N) is 1. The van der Waals surface area contributed by atoms with E-state index >= 15 is 0 Å². The van der Waals surface area contributed by atoms with Crippen LogP contribution >= 0.6 is 0 Å².